The van der Waals surface area contributed by atoms with Crippen molar-refractivity contribution in [1.29, 1.82) is 0 Å². The molecular weight excluding hydrogens is 371 g/mol. The molecule has 2 atom stereocenters. The second kappa shape index (κ2) is 8.14. The number of aryl methyl sites for hydroxylation is 1. The van der Waals surface area contributed by atoms with E-state index in [1.807, 2.05) is 14.0 Å². The van der Waals surface area contributed by atoms with Crippen LogP contribution in [0, 0.1) is 12.7 Å². The van der Waals surface area contributed by atoms with Crippen LogP contribution in [0.4, 0.5) is 4.39 Å². The minimum absolute atomic E-state index is 0.0929. The van der Waals surface area contributed by atoms with Gasteiger partial charge in [0.25, 0.3) is 5.91 Å². The smallest absolute Gasteiger partial charge is 0.267 e. The summed E-state index contributed by atoms with van der Waals surface area (Å²) < 4.78 is 14.1. The summed E-state index contributed by atoms with van der Waals surface area (Å²) in [6.45, 7) is 4.32. The number of benzene rings is 1. The number of fused-ring (bicyclic) bond motifs is 1. The molecule has 0 bridgehead atoms. The molecule has 2 amide bonds. The average Bonchev–Trinajstić information content (AvgIpc) is 3.10. The van der Waals surface area contributed by atoms with Crippen molar-refractivity contribution >= 4 is 22.7 Å². The highest BCUT2D eigenvalue weighted by Crippen LogP contribution is 2.26. The van der Waals surface area contributed by atoms with E-state index in [2.05, 4.69) is 15.2 Å². The van der Waals surface area contributed by atoms with Gasteiger partial charge in [-0.05, 0) is 50.3 Å². The Kier molecular flexibility index (Phi) is 5.58. The molecule has 1 aromatic heterocycles. The Hall–Kier alpha value is -2.41. The van der Waals surface area contributed by atoms with Crippen molar-refractivity contribution in [3.05, 3.63) is 35.3 Å². The van der Waals surface area contributed by atoms with Crippen molar-refractivity contribution in [3.8, 4) is 0 Å². The number of hydrogen-bond donors (Lipinski definition) is 2. The van der Waals surface area contributed by atoms with Gasteiger partial charge >= 0.3 is 0 Å². The minimum atomic E-state index is -0.320. The highest BCUT2D eigenvalue weighted by atomic mass is 19.1. The summed E-state index contributed by atoms with van der Waals surface area (Å²) in [4.78, 5) is 32.0. The molecule has 2 fully saturated rings. The van der Waals surface area contributed by atoms with Gasteiger partial charge in [0, 0.05) is 50.6 Å². The van der Waals surface area contributed by atoms with E-state index in [1.54, 1.807) is 17.0 Å². The Morgan fingerprint density at radius 1 is 1.24 bits per heavy atom. The number of likely N-dealkylation sites (N-methyl/N-ethyl adjacent to an activating group) is 1. The monoisotopic (exact) mass is 400 g/mol. The Bertz CT molecular complexity index is 886. The SMILES string of the molecule is Cc1ccc(F)c2cc(C(=O)N[C@@H]3CCC[C@H](N4CCC(=O)N(C)CC4)C3)[nH]c12. The fraction of sp³-hybridized carbons (Fsp3) is 0.545. The molecule has 2 N–H and O–H groups in total. The van der Waals surface area contributed by atoms with E-state index >= 15 is 0 Å². The number of hydrogen-bond acceptors (Lipinski definition) is 3. The van der Waals surface area contributed by atoms with Crippen molar-refractivity contribution in [2.75, 3.05) is 26.7 Å². The van der Waals surface area contributed by atoms with Crippen molar-refractivity contribution in [2.24, 2.45) is 0 Å². The molecule has 0 unspecified atom stereocenters. The fourth-order valence-electron chi connectivity index (χ4n) is 4.65. The van der Waals surface area contributed by atoms with E-state index in [4.69, 9.17) is 0 Å². The lowest BCUT2D eigenvalue weighted by Gasteiger charge is -2.37. The first kappa shape index (κ1) is 19.9. The summed E-state index contributed by atoms with van der Waals surface area (Å²) in [7, 11) is 1.86. The minimum Gasteiger partial charge on any atom is -0.350 e. The lowest BCUT2D eigenvalue weighted by atomic mass is 9.89. The van der Waals surface area contributed by atoms with Gasteiger partial charge in [0.1, 0.15) is 11.5 Å². The van der Waals surface area contributed by atoms with Crippen molar-refractivity contribution in [1.82, 2.24) is 20.1 Å². The van der Waals surface area contributed by atoms with Gasteiger partial charge in [-0.2, -0.15) is 0 Å². The lowest BCUT2D eigenvalue weighted by molar-refractivity contribution is -0.129. The van der Waals surface area contributed by atoms with Gasteiger partial charge in [-0.3, -0.25) is 14.5 Å². The molecule has 1 saturated carbocycles. The molecule has 2 aliphatic rings. The number of nitrogens with one attached hydrogen (secondary N) is 2. The molecule has 1 aromatic carbocycles. The third-order valence-electron chi connectivity index (χ3n) is 6.45. The molecule has 4 rings (SSSR count). The average molecular weight is 400 g/mol. The van der Waals surface area contributed by atoms with Gasteiger partial charge in [0.15, 0.2) is 0 Å². The molecule has 1 aliphatic carbocycles. The number of aromatic amines is 1. The maximum atomic E-state index is 14.1. The Labute approximate surface area is 170 Å². The van der Waals surface area contributed by atoms with E-state index in [9.17, 15) is 14.0 Å². The molecule has 1 aliphatic heterocycles. The van der Waals surface area contributed by atoms with Crippen LogP contribution in [0.25, 0.3) is 10.9 Å². The van der Waals surface area contributed by atoms with Gasteiger partial charge < -0.3 is 15.2 Å². The van der Waals surface area contributed by atoms with Crippen LogP contribution in [-0.4, -0.2) is 65.4 Å². The topological polar surface area (TPSA) is 68.4 Å². The van der Waals surface area contributed by atoms with Gasteiger partial charge in [0.05, 0.1) is 5.52 Å². The zero-order valence-electron chi connectivity index (χ0n) is 17.1. The summed E-state index contributed by atoms with van der Waals surface area (Å²) in [5.41, 5.74) is 1.99. The zero-order chi connectivity index (χ0) is 20.5. The van der Waals surface area contributed by atoms with Crippen molar-refractivity contribution in [2.45, 2.75) is 51.1 Å². The molecule has 2 heterocycles. The number of carbonyl (C=O) groups is 2. The third-order valence-corrected chi connectivity index (χ3v) is 6.45. The fourth-order valence-corrected chi connectivity index (χ4v) is 4.65. The number of amides is 2. The quantitative estimate of drug-likeness (QED) is 0.833. The van der Waals surface area contributed by atoms with Crippen LogP contribution >= 0.6 is 0 Å². The number of nitrogens with zero attached hydrogens (tertiary/aromatic N) is 2. The first-order chi connectivity index (χ1) is 13.9. The summed E-state index contributed by atoms with van der Waals surface area (Å²) in [5.74, 6) is -0.301. The van der Waals surface area contributed by atoms with Gasteiger partial charge in [-0.25, -0.2) is 4.39 Å². The normalized spacial score (nSPS) is 24.0. The lowest BCUT2D eigenvalue weighted by Crippen LogP contribution is -2.47. The molecule has 29 heavy (non-hydrogen) atoms. The zero-order valence-corrected chi connectivity index (χ0v) is 17.1. The number of carbonyl (C=O) groups excluding carboxylic acids is 2. The third kappa shape index (κ3) is 4.15. The van der Waals surface area contributed by atoms with Crippen LogP contribution < -0.4 is 5.32 Å². The van der Waals surface area contributed by atoms with Gasteiger partial charge in [-0.1, -0.05) is 6.07 Å². The van der Waals surface area contributed by atoms with Crippen LogP contribution in [0.5, 0.6) is 0 Å². The van der Waals surface area contributed by atoms with Gasteiger partial charge in [-0.15, -0.1) is 0 Å². The first-order valence-corrected chi connectivity index (χ1v) is 10.5. The highest BCUT2D eigenvalue weighted by Gasteiger charge is 2.30. The summed E-state index contributed by atoms with van der Waals surface area (Å²) in [6.07, 6.45) is 4.54. The number of aromatic nitrogens is 1. The van der Waals surface area contributed by atoms with Crippen molar-refractivity contribution < 1.29 is 14.0 Å². The van der Waals surface area contributed by atoms with Crippen molar-refractivity contribution in [3.63, 3.8) is 0 Å². The second-order valence-electron chi connectivity index (χ2n) is 8.43. The predicted octanol–water partition coefficient (Wildman–Crippen LogP) is 2.82. The van der Waals surface area contributed by atoms with Crippen LogP contribution in [0.15, 0.2) is 18.2 Å². The van der Waals surface area contributed by atoms with Crippen LogP contribution in [0.2, 0.25) is 0 Å². The second-order valence-corrected chi connectivity index (χ2v) is 8.43. The Morgan fingerprint density at radius 2 is 2.07 bits per heavy atom. The number of halogens is 1. The van der Waals surface area contributed by atoms with E-state index in [0.717, 1.165) is 50.9 Å². The molecule has 1 saturated heterocycles. The predicted molar refractivity (Wildman–Crippen MR) is 110 cm³/mol. The Morgan fingerprint density at radius 3 is 2.86 bits per heavy atom. The van der Waals surface area contributed by atoms with E-state index in [1.165, 1.54) is 6.07 Å². The van der Waals surface area contributed by atoms with Crippen LogP contribution in [0.3, 0.4) is 0 Å². The molecule has 0 spiro atoms. The molecule has 6 nitrogen and oxygen atoms in total. The van der Waals surface area contributed by atoms with Gasteiger partial charge in [0.2, 0.25) is 5.91 Å². The molecule has 7 heteroatoms. The van der Waals surface area contributed by atoms with E-state index < -0.39 is 0 Å². The summed E-state index contributed by atoms with van der Waals surface area (Å²) >= 11 is 0. The number of H-pyrrole nitrogens is 1. The summed E-state index contributed by atoms with van der Waals surface area (Å²) in [6, 6.07) is 5.22. The summed E-state index contributed by atoms with van der Waals surface area (Å²) in [5, 5.41) is 3.59. The number of rotatable bonds is 3. The molecule has 0 radical (unpaired) electrons. The standard InChI is InChI=1S/C22H29FN4O2/c1-14-6-7-18(23)17-13-19(25-21(14)17)22(29)24-15-4-3-5-16(12-15)27-9-8-20(28)26(2)10-11-27/h6-7,13,15-16,25H,3-5,8-12H2,1-2H3,(H,24,29)/t15-,16+/m1/s1. The van der Waals surface area contributed by atoms with Crippen LogP contribution in [-0.2, 0) is 4.79 Å². The highest BCUT2D eigenvalue weighted by molar-refractivity contribution is 5.99. The Balaban J connectivity index is 1.42. The maximum absolute atomic E-state index is 14.1. The van der Waals surface area contributed by atoms with Crippen LogP contribution in [0.1, 0.15) is 48.2 Å². The van der Waals surface area contributed by atoms with E-state index in [-0.39, 0.29) is 23.7 Å². The van der Waals surface area contributed by atoms with E-state index in [0.29, 0.717) is 29.1 Å². The molecule has 156 valence electrons. The molecular formula is C22H29FN4O2. The first-order valence-electron chi connectivity index (χ1n) is 10.5. The maximum Gasteiger partial charge on any atom is 0.267 e. The largest absolute Gasteiger partial charge is 0.350 e. The molecule has 2 aromatic rings.